The number of halogens is 1. The van der Waals surface area contributed by atoms with Crippen molar-refractivity contribution >= 4 is 55.5 Å². The third kappa shape index (κ3) is 4.37. The summed E-state index contributed by atoms with van der Waals surface area (Å²) < 4.78 is 1.03. The molecule has 2 aromatic heterocycles. The molecule has 118 valence electrons. The second-order valence-corrected chi connectivity index (χ2v) is 8.37. The van der Waals surface area contributed by atoms with E-state index in [4.69, 9.17) is 0 Å². The molecule has 2 aromatic rings. The summed E-state index contributed by atoms with van der Waals surface area (Å²) in [6.45, 7) is 5.17. The lowest BCUT2D eigenvalue weighted by molar-refractivity contribution is -0.126. The van der Waals surface area contributed by atoms with Crippen LogP contribution in [0.2, 0.25) is 0 Å². The van der Waals surface area contributed by atoms with Crippen LogP contribution < -0.4 is 10.6 Å². The van der Waals surface area contributed by atoms with E-state index in [2.05, 4.69) is 31.5 Å². The first-order valence-corrected chi connectivity index (χ1v) is 9.15. The van der Waals surface area contributed by atoms with Crippen molar-refractivity contribution in [3.05, 3.63) is 21.3 Å². The summed E-state index contributed by atoms with van der Waals surface area (Å²) in [7, 11) is 0. The summed E-state index contributed by atoms with van der Waals surface area (Å²) in [5.41, 5.74) is 0.830. The molecule has 5 nitrogen and oxygen atoms in total. The minimum absolute atomic E-state index is 0.00316. The molecular formula is C14H16BrN3O2S2. The highest BCUT2D eigenvalue weighted by molar-refractivity contribution is 9.11. The number of aromatic nitrogens is 1. The number of nitrogens with zero attached hydrogens (tertiary/aromatic N) is 1. The first-order chi connectivity index (χ1) is 10.4. The van der Waals surface area contributed by atoms with Gasteiger partial charge in [-0.25, -0.2) is 4.98 Å². The fraction of sp³-hybridized carbons (Fsp3) is 0.357. The highest BCUT2D eigenvalue weighted by atomic mass is 79.9. The highest BCUT2D eigenvalue weighted by Gasteiger charge is 2.23. The van der Waals surface area contributed by atoms with Crippen LogP contribution in [-0.2, 0) is 9.59 Å². The number of hydrogen-bond donors (Lipinski definition) is 2. The number of anilines is 1. The van der Waals surface area contributed by atoms with Gasteiger partial charge in [-0.2, -0.15) is 0 Å². The van der Waals surface area contributed by atoms with E-state index in [1.54, 1.807) is 11.3 Å². The summed E-state index contributed by atoms with van der Waals surface area (Å²) in [6, 6.07) is 3.37. The number of rotatable bonds is 5. The van der Waals surface area contributed by atoms with Crippen LogP contribution in [0.1, 0.15) is 20.8 Å². The first-order valence-electron chi connectivity index (χ1n) is 6.66. The van der Waals surface area contributed by atoms with Crippen molar-refractivity contribution in [3.8, 4) is 10.6 Å². The Morgan fingerprint density at radius 2 is 2.05 bits per heavy atom. The lowest BCUT2D eigenvalue weighted by Crippen LogP contribution is -2.46. The van der Waals surface area contributed by atoms with E-state index in [1.807, 2.05) is 31.4 Å². The quantitative estimate of drug-likeness (QED) is 0.801. The Balaban J connectivity index is 2.08. The van der Waals surface area contributed by atoms with Crippen LogP contribution >= 0.6 is 38.6 Å². The Morgan fingerprint density at radius 3 is 2.59 bits per heavy atom. The maximum atomic E-state index is 12.3. The smallest absolute Gasteiger partial charge is 0.248 e. The molecule has 8 heteroatoms. The second-order valence-electron chi connectivity index (χ2n) is 5.05. The molecular weight excluding hydrogens is 386 g/mol. The van der Waals surface area contributed by atoms with E-state index in [1.165, 1.54) is 18.3 Å². The summed E-state index contributed by atoms with van der Waals surface area (Å²) in [4.78, 5) is 28.9. The largest absolute Gasteiger partial charge is 0.344 e. The molecule has 0 spiro atoms. The molecule has 0 aliphatic rings. The van der Waals surface area contributed by atoms with Gasteiger partial charge in [0.25, 0.3) is 0 Å². The van der Waals surface area contributed by atoms with Crippen LogP contribution in [0.25, 0.3) is 10.6 Å². The van der Waals surface area contributed by atoms with Gasteiger partial charge in [0.1, 0.15) is 6.04 Å². The van der Waals surface area contributed by atoms with Gasteiger partial charge in [0.2, 0.25) is 11.8 Å². The van der Waals surface area contributed by atoms with E-state index in [0.29, 0.717) is 5.13 Å². The van der Waals surface area contributed by atoms with E-state index in [0.717, 1.165) is 14.4 Å². The Labute approximate surface area is 145 Å². The molecule has 2 rings (SSSR count). The Bertz CT molecular complexity index is 681. The van der Waals surface area contributed by atoms with Crippen molar-refractivity contribution < 1.29 is 9.59 Å². The van der Waals surface area contributed by atoms with Gasteiger partial charge in [-0.3, -0.25) is 9.59 Å². The standard InChI is InChI=1S/C14H16BrN3O2S2/c1-7(2)12(16-8(3)19)13(20)18-14-17-9(6-21-14)10-4-5-11(15)22-10/h4-7,12H,1-3H3,(H,16,19)(H,17,18,20). The molecule has 0 radical (unpaired) electrons. The molecule has 0 fully saturated rings. The lowest BCUT2D eigenvalue weighted by Gasteiger charge is -2.20. The summed E-state index contributed by atoms with van der Waals surface area (Å²) in [6.07, 6.45) is 0. The average Bonchev–Trinajstić information content (AvgIpc) is 3.04. The lowest BCUT2D eigenvalue weighted by atomic mass is 10.0. The third-order valence-corrected chi connectivity index (χ3v) is 5.27. The molecule has 0 aliphatic heterocycles. The molecule has 2 amide bonds. The minimum atomic E-state index is -0.569. The van der Waals surface area contributed by atoms with Crippen LogP contribution in [0.3, 0.4) is 0 Å². The number of thiophene rings is 1. The highest BCUT2D eigenvalue weighted by Crippen LogP contribution is 2.33. The fourth-order valence-electron chi connectivity index (χ4n) is 1.83. The number of amides is 2. The third-order valence-electron chi connectivity index (χ3n) is 2.87. The maximum absolute atomic E-state index is 12.3. The molecule has 22 heavy (non-hydrogen) atoms. The van der Waals surface area contributed by atoms with Crippen LogP contribution in [0.4, 0.5) is 5.13 Å². The number of carbonyl (C=O) groups excluding carboxylic acids is 2. The first kappa shape index (κ1) is 17.1. The SMILES string of the molecule is CC(=O)NC(C(=O)Nc1nc(-c2ccc(Br)s2)cs1)C(C)C. The molecule has 0 saturated heterocycles. The van der Waals surface area contributed by atoms with Gasteiger partial charge in [-0.1, -0.05) is 13.8 Å². The molecule has 0 aromatic carbocycles. The van der Waals surface area contributed by atoms with Crippen LogP contribution in [0.5, 0.6) is 0 Å². The normalized spacial score (nSPS) is 12.2. The monoisotopic (exact) mass is 401 g/mol. The van der Waals surface area contributed by atoms with Gasteiger partial charge >= 0.3 is 0 Å². The van der Waals surface area contributed by atoms with Gasteiger partial charge in [-0.15, -0.1) is 22.7 Å². The van der Waals surface area contributed by atoms with Crippen LogP contribution in [-0.4, -0.2) is 22.8 Å². The summed E-state index contributed by atoms with van der Waals surface area (Å²) in [5, 5.41) is 7.86. The van der Waals surface area contributed by atoms with Crippen molar-refractivity contribution in [1.82, 2.24) is 10.3 Å². The Morgan fingerprint density at radius 1 is 1.32 bits per heavy atom. The fourth-order valence-corrected chi connectivity index (χ4v) is 3.97. The van der Waals surface area contributed by atoms with Crippen molar-refractivity contribution in [2.75, 3.05) is 5.32 Å². The zero-order valence-electron chi connectivity index (χ0n) is 12.3. The topological polar surface area (TPSA) is 71.1 Å². The summed E-state index contributed by atoms with van der Waals surface area (Å²) >= 11 is 6.37. The van der Waals surface area contributed by atoms with Crippen molar-refractivity contribution in [2.24, 2.45) is 5.92 Å². The number of thiazole rings is 1. The zero-order valence-corrected chi connectivity index (χ0v) is 15.6. The van der Waals surface area contributed by atoms with Crippen LogP contribution in [0, 0.1) is 5.92 Å². The van der Waals surface area contributed by atoms with Crippen molar-refractivity contribution in [1.29, 1.82) is 0 Å². The predicted molar refractivity (Wildman–Crippen MR) is 94.2 cm³/mol. The maximum Gasteiger partial charge on any atom is 0.248 e. The van der Waals surface area contributed by atoms with E-state index in [-0.39, 0.29) is 17.7 Å². The molecule has 1 unspecified atom stereocenters. The second kappa shape index (κ2) is 7.34. The van der Waals surface area contributed by atoms with Crippen molar-refractivity contribution in [2.45, 2.75) is 26.8 Å². The van der Waals surface area contributed by atoms with Gasteiger partial charge in [0.05, 0.1) is 14.4 Å². The molecule has 2 heterocycles. The van der Waals surface area contributed by atoms with E-state index in [9.17, 15) is 9.59 Å². The molecule has 0 aliphatic carbocycles. The summed E-state index contributed by atoms with van der Waals surface area (Å²) in [5.74, 6) is -0.479. The van der Waals surface area contributed by atoms with Crippen LogP contribution in [0.15, 0.2) is 21.3 Å². The number of carbonyl (C=O) groups is 2. The predicted octanol–water partition coefficient (Wildman–Crippen LogP) is 3.73. The van der Waals surface area contributed by atoms with Gasteiger partial charge in [0.15, 0.2) is 5.13 Å². The molecule has 0 saturated carbocycles. The average molecular weight is 402 g/mol. The number of hydrogen-bond acceptors (Lipinski definition) is 5. The van der Waals surface area contributed by atoms with Gasteiger partial charge in [-0.05, 0) is 34.0 Å². The van der Waals surface area contributed by atoms with E-state index >= 15 is 0 Å². The zero-order chi connectivity index (χ0) is 16.3. The molecule has 0 bridgehead atoms. The molecule has 2 N–H and O–H groups in total. The minimum Gasteiger partial charge on any atom is -0.344 e. The van der Waals surface area contributed by atoms with E-state index < -0.39 is 6.04 Å². The van der Waals surface area contributed by atoms with Gasteiger partial charge < -0.3 is 10.6 Å². The number of nitrogens with one attached hydrogen (secondary N) is 2. The Kier molecular flexibility index (Phi) is 5.71. The van der Waals surface area contributed by atoms with Crippen molar-refractivity contribution in [3.63, 3.8) is 0 Å². The molecule has 1 atom stereocenters. The Hall–Kier alpha value is -1.25. The van der Waals surface area contributed by atoms with Gasteiger partial charge in [0, 0.05) is 12.3 Å².